The molecule has 0 aliphatic heterocycles. The third-order valence-corrected chi connectivity index (χ3v) is 3.19. The highest BCUT2D eigenvalue weighted by atomic mass is 35.5. The highest BCUT2D eigenvalue weighted by Gasteiger charge is 2.14. The van der Waals surface area contributed by atoms with Crippen LogP contribution >= 0.6 is 11.6 Å². The van der Waals surface area contributed by atoms with Crippen molar-refractivity contribution in [2.24, 2.45) is 0 Å². The number of nitrogens with zero attached hydrogens (tertiary/aromatic N) is 3. The lowest BCUT2D eigenvalue weighted by atomic mass is 10.3. The maximum absolute atomic E-state index is 11.9. The molecule has 2 rings (SSSR count). The lowest BCUT2D eigenvalue weighted by Gasteiger charge is -2.08. The number of fused-ring (bicyclic) bond motifs is 1. The molecule has 2 aromatic heterocycles. The molecule has 0 aliphatic rings. The van der Waals surface area contributed by atoms with Gasteiger partial charge >= 0.3 is 0 Å². The summed E-state index contributed by atoms with van der Waals surface area (Å²) in [6.45, 7) is 4.87. The Kier molecular flexibility index (Phi) is 4.95. The maximum atomic E-state index is 11.9. The number of carbonyl (C=O) groups is 1. The molecule has 6 heteroatoms. The summed E-state index contributed by atoms with van der Waals surface area (Å²) < 4.78 is 1.86. The van der Waals surface area contributed by atoms with Gasteiger partial charge in [-0.25, -0.2) is 9.97 Å². The normalized spacial score (nSPS) is 10.9. The number of alkyl halides is 1. The molecule has 0 saturated carbocycles. The molecule has 0 aromatic carbocycles. The number of imidazole rings is 1. The fourth-order valence-electron chi connectivity index (χ4n) is 2.05. The van der Waals surface area contributed by atoms with E-state index in [0.29, 0.717) is 18.8 Å². The Hall–Kier alpha value is -1.62. The molecule has 0 bridgehead atoms. The van der Waals surface area contributed by atoms with E-state index < -0.39 is 0 Å². The van der Waals surface area contributed by atoms with Crippen molar-refractivity contribution in [3.05, 3.63) is 23.7 Å². The van der Waals surface area contributed by atoms with E-state index in [9.17, 15) is 4.79 Å². The van der Waals surface area contributed by atoms with Crippen molar-refractivity contribution in [1.82, 2.24) is 19.9 Å². The van der Waals surface area contributed by atoms with Gasteiger partial charge in [0.1, 0.15) is 17.9 Å². The average Bonchev–Trinajstić information content (AvgIpc) is 2.75. The summed E-state index contributed by atoms with van der Waals surface area (Å²) in [7, 11) is 0. The van der Waals surface area contributed by atoms with Crippen molar-refractivity contribution < 1.29 is 4.79 Å². The van der Waals surface area contributed by atoms with Gasteiger partial charge in [0.15, 0.2) is 5.65 Å². The highest BCUT2D eigenvalue weighted by molar-refractivity contribution is 6.17. The minimum atomic E-state index is -0.0229. The molecule has 0 unspecified atom stereocenters. The van der Waals surface area contributed by atoms with Gasteiger partial charge in [-0.05, 0) is 25.5 Å². The predicted molar refractivity (Wildman–Crippen MR) is 80.0 cm³/mol. The molecule has 0 radical (unpaired) electrons. The molecular formula is C14H19ClN4O. The topological polar surface area (TPSA) is 59.8 Å². The Morgan fingerprint density at radius 3 is 2.90 bits per heavy atom. The number of pyridine rings is 1. The standard InChI is InChI=1S/C14H19ClN4O/c1-3-8-16-13(20)9-19-12(6-7-15)18-11-5-4-10(2)17-14(11)19/h4-5H,3,6-9H2,1-2H3,(H,16,20). The smallest absolute Gasteiger partial charge is 0.240 e. The van der Waals surface area contributed by atoms with Gasteiger partial charge in [0, 0.05) is 24.5 Å². The Morgan fingerprint density at radius 1 is 1.40 bits per heavy atom. The number of aryl methyl sites for hydroxylation is 2. The van der Waals surface area contributed by atoms with Gasteiger partial charge in [-0.15, -0.1) is 11.6 Å². The lowest BCUT2D eigenvalue weighted by molar-refractivity contribution is -0.121. The first kappa shape index (κ1) is 14.8. The fraction of sp³-hybridized carbons (Fsp3) is 0.500. The van der Waals surface area contributed by atoms with Crippen LogP contribution in [0, 0.1) is 6.92 Å². The summed E-state index contributed by atoms with van der Waals surface area (Å²) >= 11 is 5.81. The van der Waals surface area contributed by atoms with Crippen LogP contribution in [0.5, 0.6) is 0 Å². The number of hydrogen-bond donors (Lipinski definition) is 1. The molecule has 108 valence electrons. The molecule has 0 aliphatic carbocycles. The molecular weight excluding hydrogens is 276 g/mol. The van der Waals surface area contributed by atoms with Crippen LogP contribution < -0.4 is 5.32 Å². The van der Waals surface area contributed by atoms with E-state index >= 15 is 0 Å². The third-order valence-electron chi connectivity index (χ3n) is 3.00. The first-order chi connectivity index (χ1) is 9.65. The van der Waals surface area contributed by atoms with E-state index in [1.807, 2.05) is 30.5 Å². The second-order valence-corrected chi connectivity index (χ2v) is 5.08. The largest absolute Gasteiger partial charge is 0.355 e. The van der Waals surface area contributed by atoms with Crippen molar-refractivity contribution in [3.63, 3.8) is 0 Å². The number of carbonyl (C=O) groups excluding carboxylic acids is 1. The lowest BCUT2D eigenvalue weighted by Crippen LogP contribution is -2.29. The quantitative estimate of drug-likeness (QED) is 0.830. The van der Waals surface area contributed by atoms with Gasteiger partial charge in [-0.1, -0.05) is 6.92 Å². The molecule has 0 spiro atoms. The summed E-state index contributed by atoms with van der Waals surface area (Å²) in [5.41, 5.74) is 2.46. The van der Waals surface area contributed by atoms with Crippen LogP contribution in [-0.2, 0) is 17.8 Å². The molecule has 0 saturated heterocycles. The Labute approximate surface area is 123 Å². The first-order valence-electron chi connectivity index (χ1n) is 6.81. The van der Waals surface area contributed by atoms with Crippen molar-refractivity contribution in [3.8, 4) is 0 Å². The van der Waals surface area contributed by atoms with Gasteiger partial charge in [-0.3, -0.25) is 4.79 Å². The van der Waals surface area contributed by atoms with E-state index in [4.69, 9.17) is 11.6 Å². The van der Waals surface area contributed by atoms with Crippen LogP contribution in [-0.4, -0.2) is 32.9 Å². The molecule has 5 nitrogen and oxygen atoms in total. The summed E-state index contributed by atoms with van der Waals surface area (Å²) in [5, 5.41) is 2.87. The molecule has 2 heterocycles. The third kappa shape index (κ3) is 3.28. The number of amides is 1. The summed E-state index contributed by atoms with van der Waals surface area (Å²) in [6.07, 6.45) is 1.54. The number of nitrogens with one attached hydrogen (secondary N) is 1. The minimum absolute atomic E-state index is 0.0229. The van der Waals surface area contributed by atoms with Gasteiger partial charge < -0.3 is 9.88 Å². The second-order valence-electron chi connectivity index (χ2n) is 4.70. The van der Waals surface area contributed by atoms with E-state index in [0.717, 1.165) is 29.1 Å². The SMILES string of the molecule is CCCNC(=O)Cn1c(CCCl)nc2ccc(C)nc21. The zero-order chi connectivity index (χ0) is 14.5. The van der Waals surface area contributed by atoms with Crippen molar-refractivity contribution in [1.29, 1.82) is 0 Å². The molecule has 20 heavy (non-hydrogen) atoms. The molecule has 0 fully saturated rings. The van der Waals surface area contributed by atoms with Crippen LogP contribution in [0.3, 0.4) is 0 Å². The molecule has 1 N–H and O–H groups in total. The zero-order valence-electron chi connectivity index (χ0n) is 11.8. The zero-order valence-corrected chi connectivity index (χ0v) is 12.6. The van der Waals surface area contributed by atoms with Gasteiger partial charge in [0.2, 0.25) is 5.91 Å². The number of hydrogen-bond acceptors (Lipinski definition) is 3. The Balaban J connectivity index is 2.34. The van der Waals surface area contributed by atoms with Crippen LogP contribution in [0.15, 0.2) is 12.1 Å². The van der Waals surface area contributed by atoms with Crippen LogP contribution in [0.2, 0.25) is 0 Å². The number of aromatic nitrogens is 3. The van der Waals surface area contributed by atoms with Crippen LogP contribution in [0.25, 0.3) is 11.2 Å². The predicted octanol–water partition coefficient (Wildman–Crippen LogP) is 2.05. The van der Waals surface area contributed by atoms with Gasteiger partial charge in [0.05, 0.1) is 0 Å². The summed E-state index contributed by atoms with van der Waals surface area (Å²) in [4.78, 5) is 20.9. The summed E-state index contributed by atoms with van der Waals surface area (Å²) in [6, 6.07) is 3.84. The van der Waals surface area contributed by atoms with Crippen molar-refractivity contribution in [2.45, 2.75) is 33.2 Å². The van der Waals surface area contributed by atoms with Crippen LogP contribution in [0.1, 0.15) is 24.9 Å². The van der Waals surface area contributed by atoms with Crippen LogP contribution in [0.4, 0.5) is 0 Å². The molecule has 0 atom stereocenters. The number of halogens is 1. The molecule has 1 amide bonds. The van der Waals surface area contributed by atoms with E-state index in [2.05, 4.69) is 15.3 Å². The Morgan fingerprint density at radius 2 is 2.20 bits per heavy atom. The second kappa shape index (κ2) is 6.70. The van der Waals surface area contributed by atoms with Gasteiger partial charge in [-0.2, -0.15) is 0 Å². The van der Waals surface area contributed by atoms with E-state index in [-0.39, 0.29) is 12.5 Å². The Bertz CT molecular complexity index is 608. The first-order valence-corrected chi connectivity index (χ1v) is 7.34. The van der Waals surface area contributed by atoms with Crippen molar-refractivity contribution >= 4 is 28.7 Å². The van der Waals surface area contributed by atoms with Gasteiger partial charge in [0.25, 0.3) is 0 Å². The van der Waals surface area contributed by atoms with Crippen molar-refractivity contribution in [2.75, 3.05) is 12.4 Å². The number of rotatable bonds is 6. The highest BCUT2D eigenvalue weighted by Crippen LogP contribution is 2.15. The maximum Gasteiger partial charge on any atom is 0.240 e. The monoisotopic (exact) mass is 294 g/mol. The fourth-order valence-corrected chi connectivity index (χ4v) is 2.22. The summed E-state index contributed by atoms with van der Waals surface area (Å²) in [5.74, 6) is 1.25. The minimum Gasteiger partial charge on any atom is -0.355 e. The van der Waals surface area contributed by atoms with E-state index in [1.165, 1.54) is 0 Å². The average molecular weight is 295 g/mol. The molecule has 2 aromatic rings. The van der Waals surface area contributed by atoms with E-state index in [1.54, 1.807) is 0 Å².